The van der Waals surface area contributed by atoms with Gasteiger partial charge >= 0.3 is 6.18 Å². The number of aromatic nitrogens is 1. The Hall–Kier alpha value is -1.76. The van der Waals surface area contributed by atoms with Crippen LogP contribution in [0.15, 0.2) is 30.4 Å². The number of rotatable bonds is 2. The van der Waals surface area contributed by atoms with Crippen LogP contribution in [0.2, 0.25) is 0 Å². The molecule has 0 aromatic carbocycles. The summed E-state index contributed by atoms with van der Waals surface area (Å²) in [4.78, 5) is 5.26. The maximum absolute atomic E-state index is 12.9. The molecule has 98 valence electrons. The molecule has 0 fully saturated rings. The summed E-state index contributed by atoms with van der Waals surface area (Å²) in [6.07, 6.45) is -1.42. The second kappa shape index (κ2) is 4.49. The van der Waals surface area contributed by atoms with Crippen LogP contribution in [0.5, 0.6) is 0 Å². The molecule has 1 atom stereocenters. The first-order valence-electron chi connectivity index (χ1n) is 5.24. The van der Waals surface area contributed by atoms with E-state index in [1.807, 2.05) is 0 Å². The molecule has 0 radical (unpaired) electrons. The first-order chi connectivity index (χ1) is 8.43. The highest BCUT2D eigenvalue weighted by Crippen LogP contribution is 2.38. The van der Waals surface area contributed by atoms with E-state index in [4.69, 9.17) is 10.5 Å². The molecule has 2 heterocycles. The molecule has 7 heteroatoms. The van der Waals surface area contributed by atoms with Crippen LogP contribution in [0.4, 0.5) is 13.2 Å². The van der Waals surface area contributed by atoms with Crippen molar-refractivity contribution in [3.05, 3.63) is 41.5 Å². The van der Waals surface area contributed by atoms with Crippen LogP contribution >= 0.6 is 0 Å². The smallest absolute Gasteiger partial charge is 0.416 e. The fourth-order valence-corrected chi connectivity index (χ4v) is 1.80. The van der Waals surface area contributed by atoms with E-state index in [0.29, 0.717) is 5.76 Å². The van der Waals surface area contributed by atoms with Gasteiger partial charge in [-0.2, -0.15) is 13.2 Å². The van der Waals surface area contributed by atoms with Gasteiger partial charge in [-0.3, -0.25) is 4.98 Å². The average molecular weight is 259 g/mol. The number of alkyl halides is 3. The van der Waals surface area contributed by atoms with Crippen LogP contribution in [0.3, 0.4) is 0 Å². The Labute approximate surface area is 102 Å². The van der Waals surface area contributed by atoms with Crippen molar-refractivity contribution in [1.29, 1.82) is 0 Å². The monoisotopic (exact) mass is 259 g/mol. The number of ether oxygens (including phenoxy) is 1. The molecule has 1 aliphatic heterocycles. The Morgan fingerprint density at radius 1 is 1.50 bits per heavy atom. The van der Waals surface area contributed by atoms with E-state index in [9.17, 15) is 13.2 Å². The number of nitrogens with zero attached hydrogens (tertiary/aromatic N) is 2. The Morgan fingerprint density at radius 2 is 2.22 bits per heavy atom. The molecule has 1 aromatic heterocycles. The van der Waals surface area contributed by atoms with Gasteiger partial charge in [-0.15, -0.1) is 0 Å². The quantitative estimate of drug-likeness (QED) is 0.880. The minimum atomic E-state index is -4.44. The highest BCUT2D eigenvalue weighted by molar-refractivity contribution is 5.29. The maximum Gasteiger partial charge on any atom is 0.416 e. The Balaban J connectivity index is 2.36. The molecule has 18 heavy (non-hydrogen) atoms. The third kappa shape index (κ3) is 2.26. The van der Waals surface area contributed by atoms with Gasteiger partial charge in [0.2, 0.25) is 0 Å². The third-order valence-electron chi connectivity index (χ3n) is 2.61. The summed E-state index contributed by atoms with van der Waals surface area (Å²) < 4.78 is 44.0. The van der Waals surface area contributed by atoms with Gasteiger partial charge in [0.25, 0.3) is 0 Å². The van der Waals surface area contributed by atoms with E-state index in [1.54, 1.807) is 13.2 Å². The summed E-state index contributed by atoms with van der Waals surface area (Å²) in [6, 6.07) is 0.937. The van der Waals surface area contributed by atoms with E-state index in [1.165, 1.54) is 4.90 Å². The lowest BCUT2D eigenvalue weighted by molar-refractivity contribution is -0.140. The summed E-state index contributed by atoms with van der Waals surface area (Å²) in [5.41, 5.74) is 4.63. The predicted octanol–water partition coefficient (Wildman–Crippen LogP) is 1.86. The van der Waals surface area contributed by atoms with Gasteiger partial charge in [0.1, 0.15) is 5.76 Å². The summed E-state index contributed by atoms with van der Waals surface area (Å²) in [5, 5.41) is 0. The third-order valence-corrected chi connectivity index (χ3v) is 2.61. The zero-order chi connectivity index (χ0) is 13.3. The van der Waals surface area contributed by atoms with Gasteiger partial charge in [-0.1, -0.05) is 0 Å². The minimum absolute atomic E-state index is 0.0211. The second-order valence-electron chi connectivity index (χ2n) is 3.90. The largest absolute Gasteiger partial charge is 0.468 e. The zero-order valence-corrected chi connectivity index (χ0v) is 9.61. The standard InChI is InChI=1S/C11H12F3N3O/c1-17-6-7(4-15)18-10(17)8-5-16-3-2-9(8)11(12,13)14/h2-3,5-6,10H,4,15H2,1H3. The molecule has 0 spiro atoms. The summed E-state index contributed by atoms with van der Waals surface area (Å²) >= 11 is 0. The van der Waals surface area contributed by atoms with Crippen LogP contribution in [-0.4, -0.2) is 23.5 Å². The van der Waals surface area contributed by atoms with Gasteiger partial charge in [0, 0.05) is 31.2 Å². The molecule has 1 aliphatic rings. The van der Waals surface area contributed by atoms with Gasteiger partial charge in [0.15, 0.2) is 6.23 Å². The van der Waals surface area contributed by atoms with Crippen LogP contribution in [0, 0.1) is 0 Å². The Kier molecular flexibility index (Phi) is 3.16. The second-order valence-corrected chi connectivity index (χ2v) is 3.90. The zero-order valence-electron chi connectivity index (χ0n) is 9.61. The van der Waals surface area contributed by atoms with Gasteiger partial charge < -0.3 is 15.4 Å². The topological polar surface area (TPSA) is 51.4 Å². The van der Waals surface area contributed by atoms with E-state index in [0.717, 1.165) is 18.5 Å². The molecule has 0 amide bonds. The lowest BCUT2D eigenvalue weighted by Crippen LogP contribution is -2.20. The fourth-order valence-electron chi connectivity index (χ4n) is 1.80. The van der Waals surface area contributed by atoms with Crippen molar-refractivity contribution in [2.75, 3.05) is 13.6 Å². The highest BCUT2D eigenvalue weighted by atomic mass is 19.4. The summed E-state index contributed by atoms with van der Waals surface area (Å²) in [5.74, 6) is 0.444. The lowest BCUT2D eigenvalue weighted by atomic mass is 10.1. The van der Waals surface area contributed by atoms with E-state index in [-0.39, 0.29) is 12.1 Å². The predicted molar refractivity (Wildman–Crippen MR) is 58.0 cm³/mol. The van der Waals surface area contributed by atoms with Crippen molar-refractivity contribution in [2.24, 2.45) is 5.73 Å². The Morgan fingerprint density at radius 3 is 2.78 bits per heavy atom. The first-order valence-corrected chi connectivity index (χ1v) is 5.24. The summed E-state index contributed by atoms with van der Waals surface area (Å²) in [7, 11) is 1.63. The number of pyridine rings is 1. The number of hydrogen-bond donors (Lipinski definition) is 1. The molecular weight excluding hydrogens is 247 g/mol. The molecule has 4 nitrogen and oxygen atoms in total. The van der Waals surface area contributed by atoms with Crippen molar-refractivity contribution < 1.29 is 17.9 Å². The number of halogens is 3. The maximum atomic E-state index is 12.9. The fraction of sp³-hybridized carbons (Fsp3) is 0.364. The molecular formula is C11H12F3N3O. The molecule has 1 aromatic rings. The SMILES string of the molecule is CN1C=C(CN)OC1c1cnccc1C(F)(F)F. The van der Waals surface area contributed by atoms with Crippen LogP contribution < -0.4 is 5.73 Å². The van der Waals surface area contributed by atoms with Gasteiger partial charge in [-0.05, 0) is 6.07 Å². The van der Waals surface area contributed by atoms with Crippen LogP contribution in [-0.2, 0) is 10.9 Å². The molecule has 2 rings (SSSR count). The number of hydrogen-bond acceptors (Lipinski definition) is 4. The first kappa shape index (κ1) is 12.7. The molecule has 1 unspecified atom stereocenters. The normalized spacial score (nSPS) is 19.7. The minimum Gasteiger partial charge on any atom is -0.468 e. The van der Waals surface area contributed by atoms with Crippen molar-refractivity contribution in [3.8, 4) is 0 Å². The average Bonchev–Trinajstić information content (AvgIpc) is 2.69. The van der Waals surface area contributed by atoms with Crippen molar-refractivity contribution in [1.82, 2.24) is 9.88 Å². The molecule has 0 bridgehead atoms. The molecule has 0 saturated carbocycles. The Bertz CT molecular complexity index is 473. The van der Waals surface area contributed by atoms with Crippen LogP contribution in [0.25, 0.3) is 0 Å². The molecule has 0 aliphatic carbocycles. The van der Waals surface area contributed by atoms with Gasteiger partial charge in [-0.25, -0.2) is 0 Å². The number of nitrogens with two attached hydrogens (primary N) is 1. The van der Waals surface area contributed by atoms with E-state index >= 15 is 0 Å². The lowest BCUT2D eigenvalue weighted by Gasteiger charge is -2.23. The van der Waals surface area contributed by atoms with Crippen molar-refractivity contribution >= 4 is 0 Å². The van der Waals surface area contributed by atoms with Crippen molar-refractivity contribution in [3.63, 3.8) is 0 Å². The summed E-state index contributed by atoms with van der Waals surface area (Å²) in [6.45, 7) is 0.141. The van der Waals surface area contributed by atoms with E-state index < -0.39 is 18.0 Å². The molecule has 2 N–H and O–H groups in total. The van der Waals surface area contributed by atoms with Gasteiger partial charge in [0.05, 0.1) is 12.1 Å². The van der Waals surface area contributed by atoms with Crippen molar-refractivity contribution in [2.45, 2.75) is 12.4 Å². The molecule has 0 saturated heterocycles. The van der Waals surface area contributed by atoms with E-state index in [2.05, 4.69) is 4.98 Å². The highest BCUT2D eigenvalue weighted by Gasteiger charge is 2.38. The van der Waals surface area contributed by atoms with Crippen LogP contribution in [0.1, 0.15) is 17.4 Å².